The quantitative estimate of drug-likeness (QED) is 0.860. The van der Waals surface area contributed by atoms with Gasteiger partial charge in [0.15, 0.2) is 5.15 Å². The predicted molar refractivity (Wildman–Crippen MR) is 73.8 cm³/mol. The zero-order valence-corrected chi connectivity index (χ0v) is 11.9. The van der Waals surface area contributed by atoms with Gasteiger partial charge in [0.1, 0.15) is 12.4 Å². The largest absolute Gasteiger partial charge is 0.497 e. The maximum Gasteiger partial charge on any atom is 0.252 e. The molecular weight excluding hydrogens is 264 g/mol. The SMILES string of the molecule is COc1ccc(COc2nc(C)c(C)nc2Cl)cc1. The van der Waals surface area contributed by atoms with E-state index < -0.39 is 0 Å². The first-order chi connectivity index (χ1) is 9.10. The maximum atomic E-state index is 6.00. The molecule has 0 unspecified atom stereocenters. The summed E-state index contributed by atoms with van der Waals surface area (Å²) in [7, 11) is 1.63. The first-order valence-electron chi connectivity index (χ1n) is 5.86. The summed E-state index contributed by atoms with van der Waals surface area (Å²) in [6.07, 6.45) is 0. The molecule has 0 aliphatic rings. The van der Waals surface area contributed by atoms with Crippen LogP contribution in [0.3, 0.4) is 0 Å². The second kappa shape index (κ2) is 5.89. The molecule has 1 heterocycles. The summed E-state index contributed by atoms with van der Waals surface area (Å²) in [5.41, 5.74) is 2.63. The Morgan fingerprint density at radius 1 is 1.05 bits per heavy atom. The van der Waals surface area contributed by atoms with Crippen molar-refractivity contribution in [1.82, 2.24) is 9.97 Å². The minimum atomic E-state index is 0.289. The van der Waals surface area contributed by atoms with Gasteiger partial charge >= 0.3 is 0 Å². The Hall–Kier alpha value is -1.81. The zero-order valence-electron chi connectivity index (χ0n) is 11.1. The van der Waals surface area contributed by atoms with E-state index in [2.05, 4.69) is 9.97 Å². The molecule has 0 spiro atoms. The van der Waals surface area contributed by atoms with Crippen LogP contribution in [0.4, 0.5) is 0 Å². The monoisotopic (exact) mass is 278 g/mol. The van der Waals surface area contributed by atoms with Gasteiger partial charge in [0.2, 0.25) is 0 Å². The van der Waals surface area contributed by atoms with Gasteiger partial charge in [-0.3, -0.25) is 0 Å². The lowest BCUT2D eigenvalue weighted by molar-refractivity contribution is 0.291. The number of benzene rings is 1. The molecule has 2 aromatic rings. The van der Waals surface area contributed by atoms with E-state index in [0.29, 0.717) is 12.5 Å². The van der Waals surface area contributed by atoms with Crippen molar-refractivity contribution in [1.29, 1.82) is 0 Å². The molecule has 1 aromatic heterocycles. The van der Waals surface area contributed by atoms with Crippen LogP contribution in [0.1, 0.15) is 17.0 Å². The van der Waals surface area contributed by atoms with Crippen molar-refractivity contribution < 1.29 is 9.47 Å². The molecule has 0 atom stereocenters. The first-order valence-corrected chi connectivity index (χ1v) is 6.24. The minimum absolute atomic E-state index is 0.289. The van der Waals surface area contributed by atoms with E-state index in [0.717, 1.165) is 22.7 Å². The van der Waals surface area contributed by atoms with E-state index in [1.54, 1.807) is 7.11 Å². The van der Waals surface area contributed by atoms with Crippen molar-refractivity contribution in [2.45, 2.75) is 20.5 Å². The lowest BCUT2D eigenvalue weighted by atomic mass is 10.2. The first kappa shape index (κ1) is 13.6. The molecule has 0 bridgehead atoms. The van der Waals surface area contributed by atoms with Crippen molar-refractivity contribution in [2.24, 2.45) is 0 Å². The molecule has 0 saturated heterocycles. The highest BCUT2D eigenvalue weighted by atomic mass is 35.5. The number of rotatable bonds is 4. The Balaban J connectivity index is 2.07. The molecule has 0 aliphatic heterocycles. The molecule has 19 heavy (non-hydrogen) atoms. The number of hydrogen-bond acceptors (Lipinski definition) is 4. The predicted octanol–water partition coefficient (Wildman–Crippen LogP) is 3.33. The zero-order chi connectivity index (χ0) is 13.8. The van der Waals surface area contributed by atoms with Crippen LogP contribution in [0.5, 0.6) is 11.6 Å². The maximum absolute atomic E-state index is 6.00. The van der Waals surface area contributed by atoms with Gasteiger partial charge in [0.05, 0.1) is 18.5 Å². The lowest BCUT2D eigenvalue weighted by Gasteiger charge is -2.09. The molecule has 5 heteroatoms. The second-order valence-corrected chi connectivity index (χ2v) is 4.49. The average Bonchev–Trinajstić information content (AvgIpc) is 2.42. The Kier molecular flexibility index (Phi) is 4.22. The molecule has 0 amide bonds. The topological polar surface area (TPSA) is 44.2 Å². The van der Waals surface area contributed by atoms with Gasteiger partial charge in [0, 0.05) is 0 Å². The summed E-state index contributed by atoms with van der Waals surface area (Å²) in [5.74, 6) is 1.17. The highest BCUT2D eigenvalue weighted by Crippen LogP contribution is 2.22. The fourth-order valence-electron chi connectivity index (χ4n) is 1.52. The third kappa shape index (κ3) is 3.35. The van der Waals surface area contributed by atoms with E-state index in [1.807, 2.05) is 38.1 Å². The van der Waals surface area contributed by atoms with Crippen LogP contribution in [0.25, 0.3) is 0 Å². The lowest BCUT2D eigenvalue weighted by Crippen LogP contribution is -2.02. The standard InChI is InChI=1S/C14H15ClN2O2/c1-9-10(2)17-14(13(15)16-9)19-8-11-4-6-12(18-3)7-5-11/h4-7H,8H2,1-3H3. The van der Waals surface area contributed by atoms with Crippen molar-refractivity contribution >= 4 is 11.6 Å². The summed E-state index contributed by atoms with van der Waals surface area (Å²) in [4.78, 5) is 8.45. The number of aryl methyl sites for hydroxylation is 2. The third-order valence-corrected chi connectivity index (χ3v) is 3.02. The Bertz CT molecular complexity index is 570. The van der Waals surface area contributed by atoms with Gasteiger partial charge in [-0.2, -0.15) is 0 Å². The number of ether oxygens (including phenoxy) is 2. The molecular formula is C14H15ClN2O2. The number of halogens is 1. The fourth-order valence-corrected chi connectivity index (χ4v) is 1.74. The molecule has 1 aromatic carbocycles. The number of methoxy groups -OCH3 is 1. The van der Waals surface area contributed by atoms with Crippen molar-refractivity contribution in [2.75, 3.05) is 7.11 Å². The molecule has 100 valence electrons. The Labute approximate surface area is 117 Å². The molecule has 2 rings (SSSR count). The molecule has 0 fully saturated rings. The van der Waals surface area contributed by atoms with Crippen LogP contribution in [0.15, 0.2) is 24.3 Å². The normalized spacial score (nSPS) is 10.3. The smallest absolute Gasteiger partial charge is 0.252 e. The van der Waals surface area contributed by atoms with Crippen LogP contribution >= 0.6 is 11.6 Å². The number of hydrogen-bond donors (Lipinski definition) is 0. The van der Waals surface area contributed by atoms with Gasteiger partial charge in [-0.25, -0.2) is 9.97 Å². The molecule has 4 nitrogen and oxygen atoms in total. The molecule has 0 N–H and O–H groups in total. The number of nitrogens with zero attached hydrogens (tertiary/aromatic N) is 2. The van der Waals surface area contributed by atoms with Crippen LogP contribution in [-0.2, 0) is 6.61 Å². The van der Waals surface area contributed by atoms with E-state index in [9.17, 15) is 0 Å². The summed E-state index contributed by atoms with van der Waals surface area (Å²) < 4.78 is 10.7. The van der Waals surface area contributed by atoms with Crippen molar-refractivity contribution in [3.05, 3.63) is 46.4 Å². The molecule has 0 radical (unpaired) electrons. The van der Waals surface area contributed by atoms with Gasteiger partial charge < -0.3 is 9.47 Å². The highest BCUT2D eigenvalue weighted by Gasteiger charge is 2.08. The van der Waals surface area contributed by atoms with E-state index >= 15 is 0 Å². The van der Waals surface area contributed by atoms with Crippen LogP contribution in [0.2, 0.25) is 5.15 Å². The van der Waals surface area contributed by atoms with Gasteiger partial charge in [0.25, 0.3) is 5.88 Å². The summed E-state index contributed by atoms with van der Waals surface area (Å²) in [6, 6.07) is 7.63. The average molecular weight is 279 g/mol. The minimum Gasteiger partial charge on any atom is -0.497 e. The highest BCUT2D eigenvalue weighted by molar-refractivity contribution is 6.30. The molecule has 0 aliphatic carbocycles. The Morgan fingerprint density at radius 3 is 2.32 bits per heavy atom. The van der Waals surface area contributed by atoms with E-state index in [4.69, 9.17) is 21.1 Å². The molecule has 0 saturated carbocycles. The van der Waals surface area contributed by atoms with Gasteiger partial charge in [-0.15, -0.1) is 0 Å². The second-order valence-electron chi connectivity index (χ2n) is 4.13. The van der Waals surface area contributed by atoms with E-state index in [1.165, 1.54) is 0 Å². The van der Waals surface area contributed by atoms with Crippen molar-refractivity contribution in [3.63, 3.8) is 0 Å². The fraction of sp³-hybridized carbons (Fsp3) is 0.286. The van der Waals surface area contributed by atoms with Gasteiger partial charge in [-0.1, -0.05) is 23.7 Å². The summed E-state index contributed by atoms with van der Waals surface area (Å²) in [6.45, 7) is 4.13. The summed E-state index contributed by atoms with van der Waals surface area (Å²) in [5, 5.41) is 0.289. The summed E-state index contributed by atoms with van der Waals surface area (Å²) >= 11 is 6.00. The van der Waals surface area contributed by atoms with Crippen LogP contribution in [0, 0.1) is 13.8 Å². The van der Waals surface area contributed by atoms with Gasteiger partial charge in [-0.05, 0) is 31.5 Å². The van der Waals surface area contributed by atoms with Crippen LogP contribution in [-0.4, -0.2) is 17.1 Å². The van der Waals surface area contributed by atoms with Crippen molar-refractivity contribution in [3.8, 4) is 11.6 Å². The third-order valence-electron chi connectivity index (χ3n) is 2.77. The number of aromatic nitrogens is 2. The Morgan fingerprint density at radius 2 is 1.68 bits per heavy atom. The van der Waals surface area contributed by atoms with Crippen LogP contribution < -0.4 is 9.47 Å². The van der Waals surface area contributed by atoms with E-state index in [-0.39, 0.29) is 5.15 Å².